The van der Waals surface area contributed by atoms with E-state index in [-0.39, 0.29) is 0 Å². The SMILES string of the molecule is Ic1ccc(-c2ccc3c(c2)OCC=N3)cc1. The van der Waals surface area contributed by atoms with Crippen LogP contribution in [0.15, 0.2) is 47.5 Å². The van der Waals surface area contributed by atoms with Crippen LogP contribution >= 0.6 is 22.6 Å². The molecule has 0 spiro atoms. The number of fused-ring (bicyclic) bond motifs is 1. The Morgan fingerprint density at radius 3 is 2.59 bits per heavy atom. The van der Waals surface area contributed by atoms with Gasteiger partial charge in [0, 0.05) is 9.78 Å². The Bertz CT molecular complexity index is 575. The highest BCUT2D eigenvalue weighted by Crippen LogP contribution is 2.34. The Morgan fingerprint density at radius 2 is 1.76 bits per heavy atom. The van der Waals surface area contributed by atoms with Crippen LogP contribution < -0.4 is 4.74 Å². The maximum absolute atomic E-state index is 5.56. The Balaban J connectivity index is 2.04. The quantitative estimate of drug-likeness (QED) is 0.721. The zero-order valence-corrected chi connectivity index (χ0v) is 11.2. The number of ether oxygens (including phenoxy) is 1. The van der Waals surface area contributed by atoms with E-state index in [9.17, 15) is 0 Å². The lowest BCUT2D eigenvalue weighted by Crippen LogP contribution is -2.02. The lowest BCUT2D eigenvalue weighted by atomic mass is 10.0. The maximum atomic E-state index is 5.56. The Kier molecular flexibility index (Phi) is 2.84. The topological polar surface area (TPSA) is 21.6 Å². The minimum atomic E-state index is 0.559. The maximum Gasteiger partial charge on any atom is 0.146 e. The van der Waals surface area contributed by atoms with Crippen LogP contribution in [-0.2, 0) is 0 Å². The summed E-state index contributed by atoms with van der Waals surface area (Å²) in [6.07, 6.45) is 1.78. The highest BCUT2D eigenvalue weighted by molar-refractivity contribution is 14.1. The van der Waals surface area contributed by atoms with Gasteiger partial charge >= 0.3 is 0 Å². The molecule has 1 aliphatic rings. The fraction of sp³-hybridized carbons (Fsp3) is 0.0714. The van der Waals surface area contributed by atoms with Gasteiger partial charge in [0.25, 0.3) is 0 Å². The van der Waals surface area contributed by atoms with Crippen molar-refractivity contribution in [3.8, 4) is 16.9 Å². The first-order valence-electron chi connectivity index (χ1n) is 5.38. The van der Waals surface area contributed by atoms with Crippen molar-refractivity contribution in [3.63, 3.8) is 0 Å². The van der Waals surface area contributed by atoms with Gasteiger partial charge in [0.2, 0.25) is 0 Å². The van der Waals surface area contributed by atoms with Crippen LogP contribution in [0.3, 0.4) is 0 Å². The molecule has 0 radical (unpaired) electrons. The molecule has 0 unspecified atom stereocenters. The van der Waals surface area contributed by atoms with Gasteiger partial charge in [-0.2, -0.15) is 0 Å². The fourth-order valence-corrected chi connectivity index (χ4v) is 2.18. The minimum absolute atomic E-state index is 0.559. The third-order valence-corrected chi connectivity index (χ3v) is 3.40. The van der Waals surface area contributed by atoms with Crippen LogP contribution in [0.25, 0.3) is 11.1 Å². The highest BCUT2D eigenvalue weighted by Gasteiger charge is 2.08. The van der Waals surface area contributed by atoms with Gasteiger partial charge in [-0.25, -0.2) is 0 Å². The first-order chi connectivity index (χ1) is 8.33. The molecule has 84 valence electrons. The van der Waals surface area contributed by atoms with Crippen LogP contribution in [0.2, 0.25) is 0 Å². The third-order valence-electron chi connectivity index (χ3n) is 2.68. The molecule has 2 aromatic rings. The van der Waals surface area contributed by atoms with E-state index in [0.29, 0.717) is 6.61 Å². The van der Waals surface area contributed by atoms with Gasteiger partial charge < -0.3 is 4.74 Å². The van der Waals surface area contributed by atoms with Crippen LogP contribution in [0.4, 0.5) is 5.69 Å². The van der Waals surface area contributed by atoms with Crippen LogP contribution in [0.5, 0.6) is 5.75 Å². The predicted molar refractivity (Wildman–Crippen MR) is 78.2 cm³/mol. The average Bonchev–Trinajstić information content (AvgIpc) is 2.39. The predicted octanol–water partition coefficient (Wildman–Crippen LogP) is 4.05. The molecule has 2 nitrogen and oxygen atoms in total. The molecule has 2 aromatic carbocycles. The largest absolute Gasteiger partial charge is 0.486 e. The second kappa shape index (κ2) is 4.49. The number of rotatable bonds is 1. The van der Waals surface area contributed by atoms with E-state index in [4.69, 9.17) is 4.74 Å². The molecule has 3 heteroatoms. The first-order valence-corrected chi connectivity index (χ1v) is 6.46. The molecule has 0 saturated heterocycles. The molecule has 0 aromatic heterocycles. The van der Waals surface area contributed by atoms with Crippen LogP contribution in [0.1, 0.15) is 0 Å². The smallest absolute Gasteiger partial charge is 0.146 e. The fourth-order valence-electron chi connectivity index (χ4n) is 1.82. The summed E-state index contributed by atoms with van der Waals surface area (Å²) in [5.74, 6) is 0.864. The molecule has 0 amide bonds. The van der Waals surface area contributed by atoms with Crippen molar-refractivity contribution >= 4 is 34.5 Å². The van der Waals surface area contributed by atoms with E-state index in [1.807, 2.05) is 12.1 Å². The molecule has 0 fully saturated rings. The Morgan fingerprint density at radius 1 is 1.00 bits per heavy atom. The second-order valence-electron chi connectivity index (χ2n) is 3.81. The van der Waals surface area contributed by atoms with Gasteiger partial charge in [0.15, 0.2) is 0 Å². The zero-order chi connectivity index (χ0) is 11.7. The van der Waals surface area contributed by atoms with Gasteiger partial charge in [0.1, 0.15) is 18.0 Å². The van der Waals surface area contributed by atoms with Crippen LogP contribution in [-0.4, -0.2) is 12.8 Å². The molecule has 0 N–H and O–H groups in total. The molecule has 3 rings (SSSR count). The molecular formula is C14H10INO. The van der Waals surface area contributed by atoms with E-state index >= 15 is 0 Å². The number of benzene rings is 2. The number of nitrogens with zero attached hydrogens (tertiary/aromatic N) is 1. The number of hydrogen-bond acceptors (Lipinski definition) is 2. The van der Waals surface area contributed by atoms with Crippen molar-refractivity contribution in [2.45, 2.75) is 0 Å². The summed E-state index contributed by atoms with van der Waals surface area (Å²) in [6, 6.07) is 14.6. The van der Waals surface area contributed by atoms with E-state index in [0.717, 1.165) is 17.0 Å². The molecule has 0 bridgehead atoms. The van der Waals surface area contributed by atoms with Gasteiger partial charge in [-0.15, -0.1) is 0 Å². The van der Waals surface area contributed by atoms with Crippen molar-refractivity contribution in [1.29, 1.82) is 0 Å². The summed E-state index contributed by atoms with van der Waals surface area (Å²) in [4.78, 5) is 4.29. The van der Waals surface area contributed by atoms with Crippen molar-refractivity contribution < 1.29 is 4.74 Å². The molecule has 1 aliphatic heterocycles. The van der Waals surface area contributed by atoms with Crippen LogP contribution in [0, 0.1) is 3.57 Å². The lowest BCUT2D eigenvalue weighted by molar-refractivity contribution is 0.377. The normalized spacial score (nSPS) is 13.0. The van der Waals surface area contributed by atoms with Gasteiger partial charge in [-0.05, 0) is 58.0 Å². The summed E-state index contributed by atoms with van der Waals surface area (Å²) in [6.45, 7) is 0.559. The first kappa shape index (κ1) is 10.8. The summed E-state index contributed by atoms with van der Waals surface area (Å²) in [5.41, 5.74) is 3.27. The Labute approximate surface area is 113 Å². The van der Waals surface area contributed by atoms with Crippen molar-refractivity contribution in [2.24, 2.45) is 4.99 Å². The van der Waals surface area contributed by atoms with E-state index in [2.05, 4.69) is 57.9 Å². The molecule has 0 aliphatic carbocycles. The molecule has 1 heterocycles. The van der Waals surface area contributed by atoms with Crippen molar-refractivity contribution in [3.05, 3.63) is 46.0 Å². The monoisotopic (exact) mass is 335 g/mol. The second-order valence-corrected chi connectivity index (χ2v) is 5.06. The average molecular weight is 335 g/mol. The van der Waals surface area contributed by atoms with Gasteiger partial charge in [-0.1, -0.05) is 18.2 Å². The molecular weight excluding hydrogens is 325 g/mol. The lowest BCUT2D eigenvalue weighted by Gasteiger charge is -2.12. The van der Waals surface area contributed by atoms with Gasteiger partial charge in [-0.3, -0.25) is 4.99 Å². The molecule has 0 saturated carbocycles. The highest BCUT2D eigenvalue weighted by atomic mass is 127. The van der Waals surface area contributed by atoms with Crippen molar-refractivity contribution in [1.82, 2.24) is 0 Å². The molecule has 0 atom stereocenters. The van der Waals surface area contributed by atoms with E-state index < -0.39 is 0 Å². The van der Waals surface area contributed by atoms with Crippen molar-refractivity contribution in [2.75, 3.05) is 6.61 Å². The van der Waals surface area contributed by atoms with Gasteiger partial charge in [0.05, 0.1) is 0 Å². The number of halogens is 1. The van der Waals surface area contributed by atoms with E-state index in [1.165, 1.54) is 9.13 Å². The summed E-state index contributed by atoms with van der Waals surface area (Å²) in [5, 5.41) is 0. The number of hydrogen-bond donors (Lipinski definition) is 0. The summed E-state index contributed by atoms with van der Waals surface area (Å²) < 4.78 is 6.80. The third kappa shape index (κ3) is 2.20. The Hall–Kier alpha value is -1.36. The zero-order valence-electron chi connectivity index (χ0n) is 9.06. The van der Waals surface area contributed by atoms with E-state index in [1.54, 1.807) is 6.21 Å². The summed E-state index contributed by atoms with van der Waals surface area (Å²) >= 11 is 2.31. The number of aliphatic imine (C=N–C) groups is 1. The minimum Gasteiger partial charge on any atom is -0.486 e. The standard InChI is InChI=1S/C14H10INO/c15-12-4-1-10(2-5-12)11-3-6-13-14(9-11)17-8-7-16-13/h1-7,9H,8H2. The summed E-state index contributed by atoms with van der Waals surface area (Å²) in [7, 11) is 0. The molecule has 17 heavy (non-hydrogen) atoms.